The summed E-state index contributed by atoms with van der Waals surface area (Å²) in [4.78, 5) is 11.4. The Morgan fingerprint density at radius 1 is 1.35 bits per heavy atom. The molecule has 0 aliphatic carbocycles. The standard InChI is InChI=1S/C14H18ClF3N2O5S/c1-7(21)6-19-26(24,25)10-5-4-9(11(15)8(10)2)20-12(22)13(3,23)14(16,17)18/h4-5,7,19,21,23H,6H2,1-3H3,(H,20,22)/t7?,13-/m1/s1. The summed E-state index contributed by atoms with van der Waals surface area (Å²) in [7, 11) is -4.04. The van der Waals surface area contributed by atoms with Gasteiger partial charge in [0.05, 0.1) is 21.7 Å². The van der Waals surface area contributed by atoms with Gasteiger partial charge in [0.2, 0.25) is 15.6 Å². The van der Waals surface area contributed by atoms with E-state index in [2.05, 4.69) is 4.72 Å². The van der Waals surface area contributed by atoms with Crippen LogP contribution in [0.3, 0.4) is 0 Å². The van der Waals surface area contributed by atoms with E-state index >= 15 is 0 Å². The molecule has 0 radical (unpaired) electrons. The van der Waals surface area contributed by atoms with Crippen molar-refractivity contribution in [1.82, 2.24) is 4.72 Å². The molecule has 4 N–H and O–H groups in total. The van der Waals surface area contributed by atoms with Gasteiger partial charge in [0.1, 0.15) is 0 Å². The zero-order chi connectivity index (χ0) is 20.5. The third-order valence-corrected chi connectivity index (χ3v) is 5.49. The third kappa shape index (κ3) is 4.86. The Bertz CT molecular complexity index is 795. The first-order chi connectivity index (χ1) is 11.6. The van der Waals surface area contributed by atoms with Gasteiger partial charge in [0.25, 0.3) is 5.91 Å². The average molecular weight is 419 g/mol. The zero-order valence-electron chi connectivity index (χ0n) is 14.0. The maximum atomic E-state index is 12.7. The Balaban J connectivity index is 3.17. The number of carbonyl (C=O) groups excluding carboxylic acids is 1. The third-order valence-electron chi connectivity index (χ3n) is 3.44. The molecular weight excluding hydrogens is 401 g/mol. The topological polar surface area (TPSA) is 116 Å². The molecule has 0 heterocycles. The lowest BCUT2D eigenvalue weighted by Gasteiger charge is -2.25. The number of aliphatic hydroxyl groups is 2. The summed E-state index contributed by atoms with van der Waals surface area (Å²) in [5.41, 5.74) is -3.99. The maximum Gasteiger partial charge on any atom is 0.426 e. The number of sulfonamides is 1. The lowest BCUT2D eigenvalue weighted by molar-refractivity contribution is -0.242. The van der Waals surface area contributed by atoms with Crippen molar-refractivity contribution in [1.29, 1.82) is 0 Å². The quantitative estimate of drug-likeness (QED) is 0.559. The van der Waals surface area contributed by atoms with Crippen molar-refractivity contribution < 1.29 is 36.6 Å². The SMILES string of the molecule is Cc1c(S(=O)(=O)NCC(C)O)ccc(NC(=O)[C@@](C)(O)C(F)(F)F)c1Cl. The first-order valence-electron chi connectivity index (χ1n) is 7.18. The molecule has 0 aliphatic rings. The highest BCUT2D eigenvalue weighted by atomic mass is 35.5. The molecule has 2 atom stereocenters. The average Bonchev–Trinajstić information content (AvgIpc) is 2.48. The predicted molar refractivity (Wildman–Crippen MR) is 88.4 cm³/mol. The molecule has 1 unspecified atom stereocenters. The van der Waals surface area contributed by atoms with Gasteiger partial charge in [0, 0.05) is 6.54 Å². The van der Waals surface area contributed by atoms with Gasteiger partial charge >= 0.3 is 6.18 Å². The largest absolute Gasteiger partial charge is 0.426 e. The van der Waals surface area contributed by atoms with E-state index < -0.39 is 33.8 Å². The maximum absolute atomic E-state index is 12.7. The van der Waals surface area contributed by atoms with Crippen LogP contribution in [0.15, 0.2) is 17.0 Å². The molecule has 148 valence electrons. The molecule has 7 nitrogen and oxygen atoms in total. The number of anilines is 1. The van der Waals surface area contributed by atoms with Gasteiger partial charge in [-0.05, 0) is 38.5 Å². The van der Waals surface area contributed by atoms with Crippen LogP contribution in [-0.4, -0.2) is 49.0 Å². The van der Waals surface area contributed by atoms with E-state index in [1.807, 2.05) is 5.32 Å². The second-order valence-corrected chi connectivity index (χ2v) is 7.89. The van der Waals surface area contributed by atoms with E-state index in [0.717, 1.165) is 12.1 Å². The molecule has 0 aliphatic heterocycles. The molecule has 26 heavy (non-hydrogen) atoms. The molecule has 0 aromatic heterocycles. The van der Waals surface area contributed by atoms with E-state index in [0.29, 0.717) is 0 Å². The first kappa shape index (κ1) is 22.6. The molecular formula is C14H18ClF3N2O5S. The van der Waals surface area contributed by atoms with Gasteiger partial charge in [0.15, 0.2) is 0 Å². The fraction of sp³-hybridized carbons (Fsp3) is 0.500. The van der Waals surface area contributed by atoms with Crippen molar-refractivity contribution in [2.45, 2.75) is 43.5 Å². The van der Waals surface area contributed by atoms with Crippen molar-refractivity contribution >= 4 is 33.2 Å². The highest BCUT2D eigenvalue weighted by Gasteiger charge is 2.55. The van der Waals surface area contributed by atoms with Crippen molar-refractivity contribution in [2.24, 2.45) is 0 Å². The van der Waals surface area contributed by atoms with Crippen LogP contribution < -0.4 is 10.0 Å². The molecule has 0 saturated carbocycles. The molecule has 0 saturated heterocycles. The molecule has 0 spiro atoms. The van der Waals surface area contributed by atoms with Gasteiger partial charge in [-0.25, -0.2) is 13.1 Å². The van der Waals surface area contributed by atoms with Crippen molar-refractivity contribution in [3.63, 3.8) is 0 Å². The Morgan fingerprint density at radius 3 is 2.35 bits per heavy atom. The Kier molecular flexibility index (Phi) is 6.69. The minimum absolute atomic E-state index is 0.0331. The molecule has 12 heteroatoms. The molecule has 1 aromatic carbocycles. The van der Waals surface area contributed by atoms with Crippen molar-refractivity contribution in [3.05, 3.63) is 22.7 Å². The van der Waals surface area contributed by atoms with Crippen molar-refractivity contribution in [3.8, 4) is 0 Å². The summed E-state index contributed by atoms with van der Waals surface area (Å²) in [5, 5.41) is 20.0. The lowest BCUT2D eigenvalue weighted by Crippen LogP contribution is -2.52. The highest BCUT2D eigenvalue weighted by Crippen LogP contribution is 2.34. The van der Waals surface area contributed by atoms with E-state index in [1.165, 1.54) is 13.8 Å². The van der Waals surface area contributed by atoms with Gasteiger partial charge in [-0.2, -0.15) is 13.2 Å². The van der Waals surface area contributed by atoms with Crippen LogP contribution in [0, 0.1) is 6.92 Å². The van der Waals surface area contributed by atoms with E-state index in [1.54, 1.807) is 0 Å². The van der Waals surface area contributed by atoms with Gasteiger partial charge < -0.3 is 15.5 Å². The van der Waals surface area contributed by atoms with Crippen LogP contribution in [0.1, 0.15) is 19.4 Å². The molecule has 0 fully saturated rings. The van der Waals surface area contributed by atoms with Gasteiger partial charge in [-0.3, -0.25) is 4.79 Å². The van der Waals surface area contributed by atoms with Crippen LogP contribution in [-0.2, 0) is 14.8 Å². The second kappa shape index (κ2) is 7.69. The number of carbonyl (C=O) groups is 1. The number of hydrogen-bond donors (Lipinski definition) is 4. The van der Waals surface area contributed by atoms with Crippen LogP contribution in [0.4, 0.5) is 18.9 Å². The summed E-state index contributed by atoms with van der Waals surface area (Å²) in [6, 6.07) is 2.03. The minimum atomic E-state index is -5.22. The number of hydrogen-bond acceptors (Lipinski definition) is 5. The second-order valence-electron chi connectivity index (χ2n) is 5.78. The van der Waals surface area contributed by atoms with Crippen molar-refractivity contribution in [2.75, 3.05) is 11.9 Å². The van der Waals surface area contributed by atoms with Gasteiger partial charge in [-0.1, -0.05) is 11.6 Å². The molecule has 1 rings (SSSR count). The smallest absolute Gasteiger partial charge is 0.392 e. The predicted octanol–water partition coefficient (Wildman–Crippen LogP) is 1.56. The summed E-state index contributed by atoms with van der Waals surface area (Å²) in [6.45, 7) is 2.68. The fourth-order valence-electron chi connectivity index (χ4n) is 1.74. The fourth-order valence-corrected chi connectivity index (χ4v) is 3.37. The summed E-state index contributed by atoms with van der Waals surface area (Å²) >= 11 is 5.96. The Morgan fingerprint density at radius 2 is 1.88 bits per heavy atom. The minimum Gasteiger partial charge on any atom is -0.392 e. The lowest BCUT2D eigenvalue weighted by atomic mass is 10.1. The Hall–Kier alpha value is -1.40. The number of aliphatic hydroxyl groups excluding tert-OH is 1. The summed E-state index contributed by atoms with van der Waals surface area (Å²) < 4.78 is 64.5. The highest BCUT2D eigenvalue weighted by molar-refractivity contribution is 7.89. The van der Waals surface area contributed by atoms with Crippen LogP contribution in [0.5, 0.6) is 0 Å². The number of nitrogens with one attached hydrogen (secondary N) is 2. The van der Waals surface area contributed by atoms with Crippen LogP contribution >= 0.6 is 11.6 Å². The number of amides is 1. The molecule has 1 amide bonds. The van der Waals surface area contributed by atoms with Crippen LogP contribution in [0.25, 0.3) is 0 Å². The molecule has 1 aromatic rings. The number of halogens is 4. The zero-order valence-corrected chi connectivity index (χ0v) is 15.6. The van der Waals surface area contributed by atoms with Gasteiger partial charge in [-0.15, -0.1) is 0 Å². The van der Waals surface area contributed by atoms with E-state index in [4.69, 9.17) is 16.7 Å². The number of benzene rings is 1. The van der Waals surface area contributed by atoms with E-state index in [9.17, 15) is 31.5 Å². The summed E-state index contributed by atoms with van der Waals surface area (Å²) in [5.74, 6) is -1.77. The normalized spacial score (nSPS) is 16.0. The monoisotopic (exact) mass is 418 g/mol. The Labute approximate surface area is 153 Å². The molecule has 0 bridgehead atoms. The first-order valence-corrected chi connectivity index (χ1v) is 9.04. The summed E-state index contributed by atoms with van der Waals surface area (Å²) in [6.07, 6.45) is -6.16. The van der Waals surface area contributed by atoms with Crippen LogP contribution in [0.2, 0.25) is 5.02 Å². The number of rotatable bonds is 6. The number of alkyl halides is 3. The van der Waals surface area contributed by atoms with E-state index in [-0.39, 0.29) is 34.6 Å².